The molecule has 114 valence electrons. The average Bonchev–Trinajstić information content (AvgIpc) is 3.07. The third kappa shape index (κ3) is 3.81. The molecule has 1 N–H and O–H groups in total. The molecule has 1 amide bonds. The van der Waals surface area contributed by atoms with Crippen LogP contribution in [0.3, 0.4) is 0 Å². The van der Waals surface area contributed by atoms with Crippen LogP contribution in [0.2, 0.25) is 0 Å². The molecule has 0 saturated heterocycles. The first-order chi connectivity index (χ1) is 10.8. The van der Waals surface area contributed by atoms with Gasteiger partial charge >= 0.3 is 0 Å². The zero-order valence-electron chi connectivity index (χ0n) is 12.4. The van der Waals surface area contributed by atoms with Gasteiger partial charge in [0.1, 0.15) is 6.10 Å². The highest BCUT2D eigenvalue weighted by Gasteiger charge is 2.17. The predicted octanol–water partition coefficient (Wildman–Crippen LogP) is 2.73. The van der Waals surface area contributed by atoms with Gasteiger partial charge in [-0.1, -0.05) is 6.07 Å². The summed E-state index contributed by atoms with van der Waals surface area (Å²) in [6.45, 7) is 0.452. The van der Waals surface area contributed by atoms with Crippen LogP contribution in [0.25, 0.3) is 0 Å². The van der Waals surface area contributed by atoms with Gasteiger partial charge in [-0.3, -0.25) is 9.78 Å². The minimum absolute atomic E-state index is 0.137. The van der Waals surface area contributed by atoms with Crippen LogP contribution in [0.1, 0.15) is 41.6 Å². The molecule has 0 radical (unpaired) electrons. The zero-order chi connectivity index (χ0) is 15.2. The van der Waals surface area contributed by atoms with E-state index in [2.05, 4.69) is 15.3 Å². The fourth-order valence-corrected chi connectivity index (χ4v) is 2.58. The first-order valence-corrected chi connectivity index (χ1v) is 7.61. The van der Waals surface area contributed by atoms with Crippen molar-refractivity contribution in [2.24, 2.45) is 0 Å². The topological polar surface area (TPSA) is 64.1 Å². The van der Waals surface area contributed by atoms with Gasteiger partial charge in [-0.05, 0) is 43.4 Å². The summed E-state index contributed by atoms with van der Waals surface area (Å²) in [6, 6.07) is 7.17. The smallest absolute Gasteiger partial charge is 0.251 e. The summed E-state index contributed by atoms with van der Waals surface area (Å²) in [6.07, 6.45) is 9.84. The molecular weight excluding hydrogens is 278 g/mol. The van der Waals surface area contributed by atoms with Crippen LogP contribution in [-0.2, 0) is 6.54 Å². The Morgan fingerprint density at radius 3 is 2.91 bits per heavy atom. The van der Waals surface area contributed by atoms with Crippen molar-refractivity contribution in [3.8, 4) is 5.88 Å². The average molecular weight is 297 g/mol. The molecule has 1 aliphatic rings. The van der Waals surface area contributed by atoms with Crippen molar-refractivity contribution in [1.82, 2.24) is 15.3 Å². The van der Waals surface area contributed by atoms with E-state index in [1.807, 2.05) is 12.1 Å². The molecule has 0 aliphatic heterocycles. The second kappa shape index (κ2) is 7.02. The minimum atomic E-state index is -0.137. The van der Waals surface area contributed by atoms with E-state index in [0.717, 1.165) is 18.4 Å². The van der Waals surface area contributed by atoms with E-state index < -0.39 is 0 Å². The summed E-state index contributed by atoms with van der Waals surface area (Å²) in [5.74, 6) is 0.392. The van der Waals surface area contributed by atoms with E-state index in [9.17, 15) is 4.79 Å². The fourth-order valence-electron chi connectivity index (χ4n) is 2.58. The molecule has 1 aliphatic carbocycles. The van der Waals surface area contributed by atoms with Gasteiger partial charge in [-0.15, -0.1) is 0 Å². The van der Waals surface area contributed by atoms with Gasteiger partial charge in [0, 0.05) is 36.8 Å². The molecule has 0 atom stereocenters. The van der Waals surface area contributed by atoms with Crippen LogP contribution in [0.15, 0.2) is 42.9 Å². The summed E-state index contributed by atoms with van der Waals surface area (Å²) >= 11 is 0. The Bertz CT molecular complexity index is 625. The number of pyridine rings is 2. The molecular formula is C17H19N3O2. The second-order valence-corrected chi connectivity index (χ2v) is 5.45. The highest BCUT2D eigenvalue weighted by Crippen LogP contribution is 2.23. The van der Waals surface area contributed by atoms with Gasteiger partial charge < -0.3 is 10.1 Å². The molecule has 2 heterocycles. The number of amides is 1. The van der Waals surface area contributed by atoms with Crippen LogP contribution in [0.5, 0.6) is 5.88 Å². The van der Waals surface area contributed by atoms with Gasteiger partial charge in [-0.2, -0.15) is 0 Å². The van der Waals surface area contributed by atoms with Crippen molar-refractivity contribution in [3.05, 3.63) is 54.0 Å². The molecule has 2 aromatic heterocycles. The normalized spacial score (nSPS) is 14.7. The van der Waals surface area contributed by atoms with Crippen molar-refractivity contribution < 1.29 is 9.53 Å². The standard InChI is InChI=1S/C17H19N3O2/c21-17(20-12-13-4-3-8-18-11-13)14-7-9-19-16(10-14)22-15-5-1-2-6-15/h3-4,7-11,15H,1-2,5-6,12H2,(H,20,21). The predicted molar refractivity (Wildman–Crippen MR) is 82.5 cm³/mol. The van der Waals surface area contributed by atoms with E-state index in [1.165, 1.54) is 12.8 Å². The summed E-state index contributed by atoms with van der Waals surface area (Å²) in [7, 11) is 0. The highest BCUT2D eigenvalue weighted by molar-refractivity contribution is 5.94. The van der Waals surface area contributed by atoms with Gasteiger partial charge in [0.2, 0.25) is 5.88 Å². The Labute approximate surface area is 129 Å². The Morgan fingerprint density at radius 2 is 2.14 bits per heavy atom. The maximum absolute atomic E-state index is 12.2. The molecule has 0 aromatic carbocycles. The molecule has 2 aromatic rings. The largest absolute Gasteiger partial charge is 0.474 e. The lowest BCUT2D eigenvalue weighted by atomic mass is 10.2. The highest BCUT2D eigenvalue weighted by atomic mass is 16.5. The molecule has 0 bridgehead atoms. The van der Waals surface area contributed by atoms with E-state index >= 15 is 0 Å². The fraction of sp³-hybridized carbons (Fsp3) is 0.353. The Balaban J connectivity index is 1.59. The number of hydrogen-bond acceptors (Lipinski definition) is 4. The molecule has 5 nitrogen and oxygen atoms in total. The Morgan fingerprint density at radius 1 is 1.27 bits per heavy atom. The quantitative estimate of drug-likeness (QED) is 0.921. The van der Waals surface area contributed by atoms with Gasteiger partial charge in [0.05, 0.1) is 0 Å². The summed E-state index contributed by atoms with van der Waals surface area (Å²) in [4.78, 5) is 20.4. The lowest BCUT2D eigenvalue weighted by Crippen LogP contribution is -2.23. The van der Waals surface area contributed by atoms with Gasteiger partial charge in [0.15, 0.2) is 0 Å². The van der Waals surface area contributed by atoms with Crippen molar-refractivity contribution >= 4 is 5.91 Å². The van der Waals surface area contributed by atoms with Crippen molar-refractivity contribution in [2.45, 2.75) is 38.3 Å². The van der Waals surface area contributed by atoms with Crippen molar-refractivity contribution in [1.29, 1.82) is 0 Å². The summed E-state index contributed by atoms with van der Waals surface area (Å²) in [5.41, 5.74) is 1.53. The van der Waals surface area contributed by atoms with E-state index in [0.29, 0.717) is 18.0 Å². The number of rotatable bonds is 5. The van der Waals surface area contributed by atoms with Crippen molar-refractivity contribution in [3.63, 3.8) is 0 Å². The molecule has 0 unspecified atom stereocenters. The third-order valence-electron chi connectivity index (χ3n) is 3.76. The number of nitrogens with one attached hydrogen (secondary N) is 1. The third-order valence-corrected chi connectivity index (χ3v) is 3.76. The van der Waals surface area contributed by atoms with Crippen LogP contribution >= 0.6 is 0 Å². The molecule has 22 heavy (non-hydrogen) atoms. The number of carbonyl (C=O) groups excluding carboxylic acids is 1. The molecule has 3 rings (SSSR count). The summed E-state index contributed by atoms with van der Waals surface area (Å²) in [5, 5.41) is 2.87. The van der Waals surface area contributed by atoms with Crippen LogP contribution in [-0.4, -0.2) is 22.0 Å². The van der Waals surface area contributed by atoms with Crippen molar-refractivity contribution in [2.75, 3.05) is 0 Å². The molecule has 1 fully saturated rings. The van der Waals surface area contributed by atoms with Gasteiger partial charge in [-0.25, -0.2) is 4.98 Å². The van der Waals surface area contributed by atoms with Gasteiger partial charge in [0.25, 0.3) is 5.91 Å². The van der Waals surface area contributed by atoms with E-state index in [1.54, 1.807) is 30.7 Å². The lowest BCUT2D eigenvalue weighted by molar-refractivity contribution is 0.0949. The monoisotopic (exact) mass is 297 g/mol. The number of carbonyl (C=O) groups is 1. The zero-order valence-corrected chi connectivity index (χ0v) is 12.4. The maximum atomic E-state index is 12.2. The van der Waals surface area contributed by atoms with Crippen LogP contribution < -0.4 is 10.1 Å². The van der Waals surface area contributed by atoms with Crippen LogP contribution in [0.4, 0.5) is 0 Å². The maximum Gasteiger partial charge on any atom is 0.251 e. The Hall–Kier alpha value is -2.43. The second-order valence-electron chi connectivity index (χ2n) is 5.45. The molecule has 1 saturated carbocycles. The number of aromatic nitrogens is 2. The minimum Gasteiger partial charge on any atom is -0.474 e. The number of ether oxygens (including phenoxy) is 1. The Kier molecular flexibility index (Phi) is 4.63. The number of hydrogen-bond donors (Lipinski definition) is 1. The van der Waals surface area contributed by atoms with E-state index in [-0.39, 0.29) is 12.0 Å². The number of nitrogens with zero attached hydrogens (tertiary/aromatic N) is 2. The molecule has 5 heteroatoms. The SMILES string of the molecule is O=C(NCc1cccnc1)c1ccnc(OC2CCCC2)c1. The van der Waals surface area contributed by atoms with Crippen LogP contribution in [0, 0.1) is 0 Å². The first-order valence-electron chi connectivity index (χ1n) is 7.61. The summed E-state index contributed by atoms with van der Waals surface area (Å²) < 4.78 is 5.83. The lowest BCUT2D eigenvalue weighted by Gasteiger charge is -2.12. The van der Waals surface area contributed by atoms with E-state index in [4.69, 9.17) is 4.74 Å². The molecule has 0 spiro atoms. The first kappa shape index (κ1) is 14.5.